The summed E-state index contributed by atoms with van der Waals surface area (Å²) in [6.07, 6.45) is 2.00. The fourth-order valence-electron chi connectivity index (χ4n) is 2.68. The number of fused-ring (bicyclic) bond motifs is 1. The largest absolute Gasteiger partial charge is 0.375 e. The highest BCUT2D eigenvalue weighted by Crippen LogP contribution is 2.34. The minimum Gasteiger partial charge on any atom is -0.375 e. The molecule has 3 N–H and O–H groups in total. The number of nitro groups is 1. The van der Waals surface area contributed by atoms with Gasteiger partial charge in [-0.3, -0.25) is 14.9 Å². The lowest BCUT2D eigenvalue weighted by atomic mass is 10.0. The Balaban J connectivity index is 1.94. The average molecular weight is 276 g/mol. The molecule has 106 valence electrons. The van der Waals surface area contributed by atoms with Gasteiger partial charge in [-0.2, -0.15) is 0 Å². The average Bonchev–Trinajstić information content (AvgIpc) is 2.91. The van der Waals surface area contributed by atoms with E-state index in [1.54, 1.807) is 6.07 Å². The number of carbonyl (C=O) groups excluding carboxylic acids is 1. The first kappa shape index (κ1) is 12.9. The quantitative estimate of drug-likeness (QED) is 0.570. The zero-order chi connectivity index (χ0) is 14.1. The Morgan fingerprint density at radius 3 is 2.90 bits per heavy atom. The molecule has 0 aromatic heterocycles. The number of anilines is 2. The molecular weight excluding hydrogens is 260 g/mol. The smallest absolute Gasteiger partial charge is 0.294 e. The van der Waals surface area contributed by atoms with Crippen LogP contribution in [-0.2, 0) is 11.2 Å². The molecule has 0 saturated carbocycles. The van der Waals surface area contributed by atoms with E-state index < -0.39 is 4.92 Å². The molecule has 0 aliphatic carbocycles. The lowest BCUT2D eigenvalue weighted by Crippen LogP contribution is -2.24. The van der Waals surface area contributed by atoms with Crippen LogP contribution in [0.5, 0.6) is 0 Å². The van der Waals surface area contributed by atoms with Crippen molar-refractivity contribution < 1.29 is 9.72 Å². The Labute approximate surface area is 115 Å². The number of hydrogen-bond donors (Lipinski definition) is 3. The lowest BCUT2D eigenvalue weighted by molar-refractivity contribution is -0.383. The summed E-state index contributed by atoms with van der Waals surface area (Å²) >= 11 is 0. The molecule has 1 aromatic rings. The number of nitrogens with one attached hydrogen (secondary N) is 3. The van der Waals surface area contributed by atoms with Crippen molar-refractivity contribution in [3.8, 4) is 0 Å². The second kappa shape index (κ2) is 5.09. The van der Waals surface area contributed by atoms with Crippen LogP contribution in [0.15, 0.2) is 12.1 Å². The van der Waals surface area contributed by atoms with Gasteiger partial charge in [-0.25, -0.2) is 0 Å². The van der Waals surface area contributed by atoms with Gasteiger partial charge in [-0.05, 0) is 31.0 Å². The summed E-state index contributed by atoms with van der Waals surface area (Å²) in [7, 11) is 0. The van der Waals surface area contributed by atoms with E-state index in [1.807, 2.05) is 0 Å². The van der Waals surface area contributed by atoms with Crippen molar-refractivity contribution in [1.29, 1.82) is 0 Å². The SMILES string of the molecule is O=C1CCc2cc(NC3CCNC3)c([N+](=O)[O-])cc2N1. The van der Waals surface area contributed by atoms with Crippen LogP contribution < -0.4 is 16.0 Å². The van der Waals surface area contributed by atoms with Crippen molar-refractivity contribution in [3.63, 3.8) is 0 Å². The molecule has 1 saturated heterocycles. The molecule has 0 spiro atoms. The molecule has 2 heterocycles. The molecule has 7 nitrogen and oxygen atoms in total. The van der Waals surface area contributed by atoms with E-state index >= 15 is 0 Å². The molecule has 2 aliphatic heterocycles. The van der Waals surface area contributed by atoms with Crippen LogP contribution in [0.1, 0.15) is 18.4 Å². The van der Waals surface area contributed by atoms with Crippen molar-refractivity contribution in [2.24, 2.45) is 0 Å². The first-order valence-electron chi connectivity index (χ1n) is 6.72. The normalized spacial score (nSPS) is 21.2. The van der Waals surface area contributed by atoms with Crippen LogP contribution in [0.3, 0.4) is 0 Å². The van der Waals surface area contributed by atoms with Gasteiger partial charge in [0, 0.05) is 25.1 Å². The number of hydrogen-bond acceptors (Lipinski definition) is 5. The summed E-state index contributed by atoms with van der Waals surface area (Å²) < 4.78 is 0. The number of nitrogens with zero attached hydrogens (tertiary/aromatic N) is 1. The molecule has 20 heavy (non-hydrogen) atoms. The Morgan fingerprint density at radius 1 is 1.35 bits per heavy atom. The second-order valence-corrected chi connectivity index (χ2v) is 5.17. The van der Waals surface area contributed by atoms with E-state index in [2.05, 4.69) is 16.0 Å². The zero-order valence-corrected chi connectivity index (χ0v) is 10.9. The molecule has 7 heteroatoms. The maximum atomic E-state index is 11.4. The van der Waals surface area contributed by atoms with Gasteiger partial charge >= 0.3 is 0 Å². The van der Waals surface area contributed by atoms with E-state index in [4.69, 9.17) is 0 Å². The zero-order valence-electron chi connectivity index (χ0n) is 10.9. The first-order chi connectivity index (χ1) is 9.63. The second-order valence-electron chi connectivity index (χ2n) is 5.17. The molecular formula is C13H16N4O3. The van der Waals surface area contributed by atoms with E-state index in [0.717, 1.165) is 25.1 Å². The predicted molar refractivity (Wildman–Crippen MR) is 74.9 cm³/mol. The first-order valence-corrected chi connectivity index (χ1v) is 6.72. The summed E-state index contributed by atoms with van der Waals surface area (Å²) in [6, 6.07) is 3.47. The number of carbonyl (C=O) groups is 1. The van der Waals surface area contributed by atoms with Crippen LogP contribution in [0.4, 0.5) is 17.1 Å². The van der Waals surface area contributed by atoms with Crippen LogP contribution in [0.2, 0.25) is 0 Å². The Kier molecular flexibility index (Phi) is 3.27. The van der Waals surface area contributed by atoms with Crippen LogP contribution in [0.25, 0.3) is 0 Å². The Hall–Kier alpha value is -2.15. The molecule has 3 rings (SSSR count). The fraction of sp³-hybridized carbons (Fsp3) is 0.462. The van der Waals surface area contributed by atoms with Crippen molar-refractivity contribution in [2.75, 3.05) is 23.7 Å². The third-order valence-electron chi connectivity index (χ3n) is 3.73. The molecule has 2 aliphatic rings. The highest BCUT2D eigenvalue weighted by atomic mass is 16.6. The summed E-state index contributed by atoms with van der Waals surface area (Å²) in [5, 5.41) is 20.3. The molecule has 1 fully saturated rings. The summed E-state index contributed by atoms with van der Waals surface area (Å²) in [5.41, 5.74) is 2.06. The fourth-order valence-corrected chi connectivity index (χ4v) is 2.68. The maximum absolute atomic E-state index is 11.4. The number of benzene rings is 1. The molecule has 0 radical (unpaired) electrons. The number of rotatable bonds is 3. The van der Waals surface area contributed by atoms with Gasteiger partial charge in [-0.1, -0.05) is 0 Å². The molecule has 1 aromatic carbocycles. The van der Waals surface area contributed by atoms with Gasteiger partial charge in [0.2, 0.25) is 5.91 Å². The summed E-state index contributed by atoms with van der Waals surface area (Å²) in [5.74, 6) is -0.0903. The summed E-state index contributed by atoms with van der Waals surface area (Å²) in [6.45, 7) is 1.73. The number of amides is 1. The van der Waals surface area contributed by atoms with E-state index in [1.165, 1.54) is 6.07 Å². The minimum absolute atomic E-state index is 0.0119. The van der Waals surface area contributed by atoms with Gasteiger partial charge in [0.25, 0.3) is 5.69 Å². The van der Waals surface area contributed by atoms with Crippen LogP contribution in [-0.4, -0.2) is 30.0 Å². The van der Waals surface area contributed by atoms with E-state index in [9.17, 15) is 14.9 Å². The Morgan fingerprint density at radius 2 is 2.20 bits per heavy atom. The molecule has 1 amide bonds. The topological polar surface area (TPSA) is 96.3 Å². The minimum atomic E-state index is -0.411. The van der Waals surface area contributed by atoms with Crippen molar-refractivity contribution in [3.05, 3.63) is 27.8 Å². The van der Waals surface area contributed by atoms with Crippen molar-refractivity contribution >= 4 is 23.0 Å². The third-order valence-corrected chi connectivity index (χ3v) is 3.73. The van der Waals surface area contributed by atoms with Crippen molar-refractivity contribution in [2.45, 2.75) is 25.3 Å². The van der Waals surface area contributed by atoms with Gasteiger partial charge in [0.15, 0.2) is 0 Å². The van der Waals surface area contributed by atoms with Gasteiger partial charge in [0.05, 0.1) is 10.6 Å². The number of nitro benzene ring substituents is 1. The lowest BCUT2D eigenvalue weighted by Gasteiger charge is -2.19. The van der Waals surface area contributed by atoms with Crippen LogP contribution in [0, 0.1) is 10.1 Å². The summed E-state index contributed by atoms with van der Waals surface area (Å²) in [4.78, 5) is 22.2. The van der Waals surface area contributed by atoms with Crippen molar-refractivity contribution in [1.82, 2.24) is 5.32 Å². The molecule has 1 atom stereocenters. The maximum Gasteiger partial charge on any atom is 0.294 e. The van der Waals surface area contributed by atoms with Gasteiger partial charge in [0.1, 0.15) is 5.69 Å². The molecule has 0 bridgehead atoms. The van der Waals surface area contributed by atoms with Gasteiger partial charge < -0.3 is 16.0 Å². The molecule has 1 unspecified atom stereocenters. The standard InChI is InChI=1S/C13H16N4O3/c18-13-2-1-8-5-11(15-9-3-4-14-7-9)12(17(19)20)6-10(8)16-13/h5-6,9,14-15H,1-4,7H2,(H,16,18). The monoisotopic (exact) mass is 276 g/mol. The van der Waals surface area contributed by atoms with E-state index in [-0.39, 0.29) is 17.6 Å². The predicted octanol–water partition coefficient (Wildman–Crippen LogP) is 1.25. The third kappa shape index (κ3) is 2.44. The Bertz CT molecular complexity index is 567. The van der Waals surface area contributed by atoms with Gasteiger partial charge in [-0.15, -0.1) is 0 Å². The van der Waals surface area contributed by atoms with Crippen LogP contribution >= 0.6 is 0 Å². The highest BCUT2D eigenvalue weighted by Gasteiger charge is 2.24. The number of aryl methyl sites for hydroxylation is 1. The van der Waals surface area contributed by atoms with E-state index in [0.29, 0.717) is 24.2 Å². The highest BCUT2D eigenvalue weighted by molar-refractivity contribution is 5.95.